The highest BCUT2D eigenvalue weighted by molar-refractivity contribution is 6.24. The van der Waals surface area contributed by atoms with Gasteiger partial charge < -0.3 is 4.74 Å². The Kier molecular flexibility index (Phi) is 6.15. The number of hydrazone groups is 1. The summed E-state index contributed by atoms with van der Waals surface area (Å²) in [5, 5.41) is 4.07. The van der Waals surface area contributed by atoms with Crippen molar-refractivity contribution in [3.05, 3.63) is 102 Å². The molecule has 3 aromatic rings. The summed E-state index contributed by atoms with van der Waals surface area (Å²) in [7, 11) is 1.62. The number of carbonyl (C=O) groups is 1. The third-order valence-electron chi connectivity index (χ3n) is 3.94. The van der Waals surface area contributed by atoms with Crippen LogP contribution in [0.5, 0.6) is 5.75 Å². The second-order valence-electron chi connectivity index (χ2n) is 5.81. The van der Waals surface area contributed by atoms with Gasteiger partial charge in [-0.1, -0.05) is 72.8 Å². The standard InChI is InChI=1S/C23H20N2O2/c1-27-21-14-12-18(13-15-21)16-22(20-10-6-3-7-11-20)23(26)25-24-17-19-8-4-2-5-9-19/h2-17H,1H3,(H,25,26)/b22-16-,24-17+. The van der Waals surface area contributed by atoms with E-state index in [9.17, 15) is 4.79 Å². The van der Waals surface area contributed by atoms with E-state index >= 15 is 0 Å². The number of amides is 1. The third-order valence-corrected chi connectivity index (χ3v) is 3.94. The van der Waals surface area contributed by atoms with Crippen LogP contribution in [0.4, 0.5) is 0 Å². The van der Waals surface area contributed by atoms with Gasteiger partial charge >= 0.3 is 0 Å². The van der Waals surface area contributed by atoms with E-state index in [0.717, 1.165) is 22.4 Å². The summed E-state index contributed by atoms with van der Waals surface area (Å²) < 4.78 is 5.18. The summed E-state index contributed by atoms with van der Waals surface area (Å²) in [6, 6.07) is 26.7. The van der Waals surface area contributed by atoms with E-state index in [2.05, 4.69) is 10.5 Å². The van der Waals surface area contributed by atoms with Crippen LogP contribution in [0.1, 0.15) is 16.7 Å². The Morgan fingerprint density at radius 1 is 0.852 bits per heavy atom. The monoisotopic (exact) mass is 356 g/mol. The molecule has 4 nitrogen and oxygen atoms in total. The highest BCUT2D eigenvalue weighted by Gasteiger charge is 2.11. The summed E-state index contributed by atoms with van der Waals surface area (Å²) in [6.07, 6.45) is 3.45. The van der Waals surface area contributed by atoms with Crippen molar-refractivity contribution < 1.29 is 9.53 Å². The van der Waals surface area contributed by atoms with Gasteiger partial charge in [-0.2, -0.15) is 5.10 Å². The SMILES string of the molecule is COc1ccc(/C=C(\C(=O)N/N=C/c2ccccc2)c2ccccc2)cc1. The maximum Gasteiger partial charge on any atom is 0.271 e. The van der Waals surface area contributed by atoms with Crippen LogP contribution in [0.15, 0.2) is 90.0 Å². The van der Waals surface area contributed by atoms with Crippen molar-refractivity contribution in [2.24, 2.45) is 5.10 Å². The molecule has 3 aromatic carbocycles. The van der Waals surface area contributed by atoms with E-state index in [4.69, 9.17) is 4.74 Å². The first-order valence-corrected chi connectivity index (χ1v) is 8.56. The van der Waals surface area contributed by atoms with Crippen molar-refractivity contribution in [2.75, 3.05) is 7.11 Å². The zero-order valence-corrected chi connectivity index (χ0v) is 15.0. The maximum absolute atomic E-state index is 12.7. The molecule has 0 aromatic heterocycles. The minimum absolute atomic E-state index is 0.274. The molecule has 0 bridgehead atoms. The zero-order chi connectivity index (χ0) is 18.9. The van der Waals surface area contributed by atoms with Crippen molar-refractivity contribution in [3.63, 3.8) is 0 Å². The lowest BCUT2D eigenvalue weighted by molar-refractivity contribution is -0.115. The second kappa shape index (κ2) is 9.15. The Morgan fingerprint density at radius 2 is 1.48 bits per heavy atom. The molecule has 1 N–H and O–H groups in total. The molecule has 0 radical (unpaired) electrons. The number of rotatable bonds is 6. The van der Waals surface area contributed by atoms with E-state index < -0.39 is 0 Å². The molecule has 0 fully saturated rings. The van der Waals surface area contributed by atoms with Gasteiger partial charge in [-0.05, 0) is 34.9 Å². The zero-order valence-electron chi connectivity index (χ0n) is 15.0. The number of nitrogens with zero attached hydrogens (tertiary/aromatic N) is 1. The first-order chi connectivity index (χ1) is 13.3. The van der Waals surface area contributed by atoms with Crippen molar-refractivity contribution in [1.29, 1.82) is 0 Å². The fourth-order valence-corrected chi connectivity index (χ4v) is 2.53. The van der Waals surface area contributed by atoms with Gasteiger partial charge in [-0.15, -0.1) is 0 Å². The Hall–Kier alpha value is -3.66. The van der Waals surface area contributed by atoms with E-state index in [1.54, 1.807) is 13.3 Å². The summed E-state index contributed by atoms with van der Waals surface area (Å²) in [5.41, 5.74) is 5.78. The lowest BCUT2D eigenvalue weighted by atomic mass is 10.0. The van der Waals surface area contributed by atoms with Crippen LogP contribution in [-0.2, 0) is 4.79 Å². The Balaban J connectivity index is 1.84. The molecule has 27 heavy (non-hydrogen) atoms. The fourth-order valence-electron chi connectivity index (χ4n) is 2.53. The number of hydrogen-bond acceptors (Lipinski definition) is 3. The molecule has 0 heterocycles. The van der Waals surface area contributed by atoms with Crippen LogP contribution in [0, 0.1) is 0 Å². The number of nitrogens with one attached hydrogen (secondary N) is 1. The molecule has 0 saturated heterocycles. The van der Waals surface area contributed by atoms with E-state index in [0.29, 0.717) is 5.57 Å². The van der Waals surface area contributed by atoms with Crippen LogP contribution in [-0.4, -0.2) is 19.2 Å². The lowest BCUT2D eigenvalue weighted by Crippen LogP contribution is -2.19. The van der Waals surface area contributed by atoms with E-state index in [1.165, 1.54) is 0 Å². The molecule has 3 rings (SSSR count). The van der Waals surface area contributed by atoms with Crippen molar-refractivity contribution in [3.8, 4) is 5.75 Å². The van der Waals surface area contributed by atoms with Crippen LogP contribution in [0.3, 0.4) is 0 Å². The molecule has 0 atom stereocenters. The quantitative estimate of drug-likeness (QED) is 0.308. The summed E-state index contributed by atoms with van der Waals surface area (Å²) >= 11 is 0. The number of benzene rings is 3. The molecule has 0 saturated carbocycles. The number of hydrogen-bond donors (Lipinski definition) is 1. The van der Waals surface area contributed by atoms with Crippen molar-refractivity contribution in [1.82, 2.24) is 5.43 Å². The third kappa shape index (κ3) is 5.16. The minimum atomic E-state index is -0.274. The molecule has 0 aliphatic carbocycles. The second-order valence-corrected chi connectivity index (χ2v) is 5.81. The van der Waals surface area contributed by atoms with E-state index in [1.807, 2.05) is 91.0 Å². The Labute approximate surface area is 158 Å². The van der Waals surface area contributed by atoms with Gasteiger partial charge in [0.15, 0.2) is 0 Å². The highest BCUT2D eigenvalue weighted by Crippen LogP contribution is 2.20. The Bertz CT molecular complexity index is 931. The normalized spacial score (nSPS) is 11.4. The molecule has 134 valence electrons. The smallest absolute Gasteiger partial charge is 0.271 e. The minimum Gasteiger partial charge on any atom is -0.497 e. The molecule has 0 aliphatic heterocycles. The van der Waals surface area contributed by atoms with Gasteiger partial charge in [0.1, 0.15) is 5.75 Å². The van der Waals surface area contributed by atoms with Crippen LogP contribution >= 0.6 is 0 Å². The molecule has 0 unspecified atom stereocenters. The van der Waals surface area contributed by atoms with Gasteiger partial charge in [-0.25, -0.2) is 5.43 Å². The average Bonchev–Trinajstić information content (AvgIpc) is 2.74. The number of ether oxygens (including phenoxy) is 1. The average molecular weight is 356 g/mol. The predicted octanol–water partition coefficient (Wildman–Crippen LogP) is 4.39. The first-order valence-electron chi connectivity index (χ1n) is 8.56. The van der Waals surface area contributed by atoms with Crippen LogP contribution in [0.25, 0.3) is 11.6 Å². The number of methoxy groups -OCH3 is 1. The molecule has 0 spiro atoms. The van der Waals surface area contributed by atoms with Gasteiger partial charge in [-0.3, -0.25) is 4.79 Å². The van der Waals surface area contributed by atoms with E-state index in [-0.39, 0.29) is 5.91 Å². The predicted molar refractivity (Wildman–Crippen MR) is 109 cm³/mol. The van der Waals surface area contributed by atoms with Gasteiger partial charge in [0.25, 0.3) is 5.91 Å². The molecule has 0 aliphatic rings. The topological polar surface area (TPSA) is 50.7 Å². The fraction of sp³-hybridized carbons (Fsp3) is 0.0435. The van der Waals surface area contributed by atoms with Gasteiger partial charge in [0, 0.05) is 5.57 Å². The van der Waals surface area contributed by atoms with Gasteiger partial charge in [0.2, 0.25) is 0 Å². The molecular weight excluding hydrogens is 336 g/mol. The molecule has 4 heteroatoms. The van der Waals surface area contributed by atoms with Crippen LogP contribution < -0.4 is 10.2 Å². The first kappa shape index (κ1) is 18.1. The molecule has 1 amide bonds. The highest BCUT2D eigenvalue weighted by atomic mass is 16.5. The maximum atomic E-state index is 12.7. The van der Waals surface area contributed by atoms with Crippen LogP contribution in [0.2, 0.25) is 0 Å². The summed E-state index contributed by atoms with van der Waals surface area (Å²) in [6.45, 7) is 0. The van der Waals surface area contributed by atoms with Gasteiger partial charge in [0.05, 0.1) is 13.3 Å². The van der Waals surface area contributed by atoms with Crippen molar-refractivity contribution >= 4 is 23.8 Å². The number of carbonyl (C=O) groups excluding carboxylic acids is 1. The summed E-state index contributed by atoms with van der Waals surface area (Å²) in [4.78, 5) is 12.7. The molecular formula is C23H20N2O2. The van der Waals surface area contributed by atoms with Crippen molar-refractivity contribution in [2.45, 2.75) is 0 Å². The lowest BCUT2D eigenvalue weighted by Gasteiger charge is -2.07. The Morgan fingerprint density at radius 3 is 2.11 bits per heavy atom. The summed E-state index contributed by atoms with van der Waals surface area (Å²) in [5.74, 6) is 0.495. The largest absolute Gasteiger partial charge is 0.497 e.